The van der Waals surface area contributed by atoms with Crippen molar-refractivity contribution in [2.75, 3.05) is 17.3 Å². The van der Waals surface area contributed by atoms with Gasteiger partial charge in [0.05, 0.1) is 5.75 Å². The van der Waals surface area contributed by atoms with Gasteiger partial charge in [-0.25, -0.2) is 9.97 Å². The molecule has 1 aromatic heterocycles. The summed E-state index contributed by atoms with van der Waals surface area (Å²) in [5, 5.41) is 2.72. The number of anilines is 1. The van der Waals surface area contributed by atoms with Gasteiger partial charge in [-0.1, -0.05) is 0 Å². The van der Waals surface area contributed by atoms with Crippen molar-refractivity contribution in [3.63, 3.8) is 0 Å². The van der Waals surface area contributed by atoms with E-state index in [0.29, 0.717) is 11.6 Å². The number of nitrogens with one attached hydrogen (secondary N) is 1. The molecule has 0 radical (unpaired) electrons. The third-order valence-corrected chi connectivity index (χ3v) is 1.90. The molecule has 0 bridgehead atoms. The molecule has 0 aliphatic carbocycles. The average molecular weight is 218 g/mol. The Labute approximate surface area is 85.1 Å². The molecule has 0 saturated carbocycles. The van der Waals surface area contributed by atoms with Gasteiger partial charge in [-0.15, -0.1) is 0 Å². The molecule has 4 nitrogen and oxygen atoms in total. The maximum Gasteiger partial charge on any atom is 0.235 e. The van der Waals surface area contributed by atoms with Crippen LogP contribution in [0, 0.1) is 0 Å². The van der Waals surface area contributed by atoms with Crippen molar-refractivity contribution in [1.82, 2.24) is 9.97 Å². The topological polar surface area (TPSA) is 54.9 Å². The first-order valence-electron chi connectivity index (χ1n) is 3.49. The fourth-order valence-corrected chi connectivity index (χ4v) is 1.20. The van der Waals surface area contributed by atoms with E-state index >= 15 is 0 Å². The molecule has 1 aromatic rings. The van der Waals surface area contributed by atoms with Gasteiger partial charge in [-0.05, 0) is 23.9 Å². The van der Waals surface area contributed by atoms with E-state index in [4.69, 9.17) is 11.6 Å². The van der Waals surface area contributed by atoms with Crippen molar-refractivity contribution in [3.8, 4) is 0 Å². The van der Waals surface area contributed by atoms with Crippen molar-refractivity contribution >= 4 is 35.1 Å². The Bertz CT molecular complexity index is 308. The van der Waals surface area contributed by atoms with E-state index in [-0.39, 0.29) is 11.2 Å². The van der Waals surface area contributed by atoms with Crippen LogP contribution >= 0.6 is 23.4 Å². The lowest BCUT2D eigenvalue weighted by atomic mass is 10.5. The molecule has 1 heterocycles. The number of aromatic nitrogens is 2. The number of nitrogens with zero attached hydrogens (tertiary/aromatic N) is 2. The summed E-state index contributed by atoms with van der Waals surface area (Å²) in [6.45, 7) is 0. The largest absolute Gasteiger partial charge is 0.310 e. The van der Waals surface area contributed by atoms with Crippen molar-refractivity contribution in [1.29, 1.82) is 0 Å². The van der Waals surface area contributed by atoms with Crippen LogP contribution in [0.3, 0.4) is 0 Å². The van der Waals surface area contributed by atoms with E-state index in [1.807, 2.05) is 6.26 Å². The lowest BCUT2D eigenvalue weighted by molar-refractivity contribution is -0.113. The molecule has 70 valence electrons. The zero-order valence-electron chi connectivity index (χ0n) is 6.95. The predicted octanol–water partition coefficient (Wildman–Crippen LogP) is 1.43. The van der Waals surface area contributed by atoms with Crippen LogP contribution in [0.2, 0.25) is 5.28 Å². The summed E-state index contributed by atoms with van der Waals surface area (Å²) >= 11 is 6.97. The highest BCUT2D eigenvalue weighted by Crippen LogP contribution is 2.06. The number of carbonyl (C=O) groups is 1. The summed E-state index contributed by atoms with van der Waals surface area (Å²) in [7, 11) is 0. The number of carbonyl (C=O) groups excluding carboxylic acids is 1. The standard InChI is InChI=1S/C7H8ClN3OS/c1-13-4-6(12)10-5-2-3-9-7(8)11-5/h2-3H,4H2,1H3,(H,9,10,11,12). The van der Waals surface area contributed by atoms with Gasteiger partial charge in [0.15, 0.2) is 0 Å². The molecule has 0 saturated heterocycles. The van der Waals surface area contributed by atoms with Gasteiger partial charge in [0.25, 0.3) is 0 Å². The normalized spacial score (nSPS) is 9.69. The van der Waals surface area contributed by atoms with E-state index in [2.05, 4.69) is 15.3 Å². The number of halogens is 1. The van der Waals surface area contributed by atoms with Crippen molar-refractivity contribution in [3.05, 3.63) is 17.5 Å². The Morgan fingerprint density at radius 1 is 1.77 bits per heavy atom. The summed E-state index contributed by atoms with van der Waals surface area (Å²) in [4.78, 5) is 18.6. The number of hydrogen-bond acceptors (Lipinski definition) is 4. The van der Waals surface area contributed by atoms with Crippen LogP contribution in [0.4, 0.5) is 5.82 Å². The van der Waals surface area contributed by atoms with E-state index in [1.54, 1.807) is 6.07 Å². The summed E-state index contributed by atoms with van der Waals surface area (Å²) in [5.74, 6) is 0.739. The van der Waals surface area contributed by atoms with E-state index in [9.17, 15) is 4.79 Å². The Balaban J connectivity index is 2.58. The molecule has 0 spiro atoms. The van der Waals surface area contributed by atoms with Crippen molar-refractivity contribution < 1.29 is 4.79 Å². The molecule has 0 unspecified atom stereocenters. The number of amides is 1. The first-order chi connectivity index (χ1) is 6.22. The molecule has 1 amide bonds. The quantitative estimate of drug-likeness (QED) is 0.779. The van der Waals surface area contributed by atoms with E-state index < -0.39 is 0 Å². The summed E-state index contributed by atoms with van der Waals surface area (Å²) in [5.41, 5.74) is 0. The van der Waals surface area contributed by atoms with Crippen molar-refractivity contribution in [2.45, 2.75) is 0 Å². The Kier molecular flexibility index (Phi) is 3.98. The molecule has 0 fully saturated rings. The van der Waals surface area contributed by atoms with E-state index in [0.717, 1.165) is 0 Å². The Morgan fingerprint density at radius 2 is 2.54 bits per heavy atom. The number of hydrogen-bond donors (Lipinski definition) is 1. The molecular weight excluding hydrogens is 210 g/mol. The lowest BCUT2D eigenvalue weighted by Crippen LogP contribution is -2.14. The highest BCUT2D eigenvalue weighted by atomic mass is 35.5. The van der Waals surface area contributed by atoms with Crippen LogP contribution in [0.15, 0.2) is 12.3 Å². The third kappa shape index (κ3) is 3.61. The molecule has 1 rings (SSSR count). The molecule has 13 heavy (non-hydrogen) atoms. The molecule has 0 aliphatic rings. The minimum absolute atomic E-state index is 0.0951. The summed E-state index contributed by atoms with van der Waals surface area (Å²) in [6.07, 6.45) is 3.34. The van der Waals surface area contributed by atoms with Crippen LogP contribution in [0.5, 0.6) is 0 Å². The van der Waals surface area contributed by atoms with Crippen molar-refractivity contribution in [2.24, 2.45) is 0 Å². The molecular formula is C7H8ClN3OS. The number of rotatable bonds is 3. The monoisotopic (exact) mass is 217 g/mol. The second-order valence-corrected chi connectivity index (χ2v) is 3.40. The van der Waals surface area contributed by atoms with Gasteiger partial charge < -0.3 is 5.32 Å². The summed E-state index contributed by atoms with van der Waals surface area (Å²) in [6, 6.07) is 1.59. The lowest BCUT2D eigenvalue weighted by Gasteiger charge is -2.01. The van der Waals surface area contributed by atoms with Gasteiger partial charge in [-0.2, -0.15) is 11.8 Å². The SMILES string of the molecule is CSCC(=O)Nc1ccnc(Cl)n1. The molecule has 1 N–H and O–H groups in total. The smallest absolute Gasteiger partial charge is 0.235 e. The third-order valence-electron chi connectivity index (χ3n) is 1.17. The molecule has 0 aliphatic heterocycles. The van der Waals surface area contributed by atoms with Gasteiger partial charge >= 0.3 is 0 Å². The van der Waals surface area contributed by atoms with Crippen LogP contribution in [-0.2, 0) is 4.79 Å². The second-order valence-electron chi connectivity index (χ2n) is 2.19. The highest BCUT2D eigenvalue weighted by Gasteiger charge is 2.02. The molecule has 0 atom stereocenters. The highest BCUT2D eigenvalue weighted by molar-refractivity contribution is 7.99. The zero-order chi connectivity index (χ0) is 9.68. The van der Waals surface area contributed by atoms with Crippen LogP contribution in [-0.4, -0.2) is 27.9 Å². The van der Waals surface area contributed by atoms with Gasteiger partial charge in [-0.3, -0.25) is 4.79 Å². The minimum Gasteiger partial charge on any atom is -0.310 e. The average Bonchev–Trinajstić information content (AvgIpc) is 2.04. The molecule has 0 aromatic carbocycles. The van der Waals surface area contributed by atoms with Crippen LogP contribution in [0.25, 0.3) is 0 Å². The zero-order valence-corrected chi connectivity index (χ0v) is 8.52. The summed E-state index contributed by atoms with van der Waals surface area (Å²) < 4.78 is 0. The van der Waals surface area contributed by atoms with Crippen LogP contribution < -0.4 is 5.32 Å². The maximum absolute atomic E-state index is 11.1. The fourth-order valence-electron chi connectivity index (χ4n) is 0.715. The molecule has 6 heteroatoms. The van der Waals surface area contributed by atoms with Gasteiger partial charge in [0.1, 0.15) is 5.82 Å². The first kappa shape index (κ1) is 10.3. The Hall–Kier alpha value is -0.810. The minimum atomic E-state index is -0.0951. The van der Waals surface area contributed by atoms with Gasteiger partial charge in [0, 0.05) is 6.20 Å². The predicted molar refractivity (Wildman–Crippen MR) is 54.1 cm³/mol. The van der Waals surface area contributed by atoms with Crippen LogP contribution in [0.1, 0.15) is 0 Å². The Morgan fingerprint density at radius 3 is 3.15 bits per heavy atom. The number of thioether (sulfide) groups is 1. The maximum atomic E-state index is 11.1. The first-order valence-corrected chi connectivity index (χ1v) is 5.27. The van der Waals surface area contributed by atoms with Gasteiger partial charge in [0.2, 0.25) is 11.2 Å². The fraction of sp³-hybridized carbons (Fsp3) is 0.286. The second kappa shape index (κ2) is 5.04. The van der Waals surface area contributed by atoms with E-state index in [1.165, 1.54) is 18.0 Å².